The lowest BCUT2D eigenvalue weighted by molar-refractivity contribution is 0.0968. The zero-order valence-electron chi connectivity index (χ0n) is 22.7. The first-order valence-corrected chi connectivity index (χ1v) is 14.7. The highest BCUT2D eigenvalue weighted by Crippen LogP contribution is 2.35. The molecule has 1 fully saturated rings. The Morgan fingerprint density at radius 3 is 2.79 bits per heavy atom. The van der Waals surface area contributed by atoms with Crippen LogP contribution in [0.5, 0.6) is 0 Å². The maximum Gasteiger partial charge on any atom is 0.262 e. The van der Waals surface area contributed by atoms with Crippen molar-refractivity contribution in [3.63, 3.8) is 0 Å². The first kappa shape index (κ1) is 26.3. The van der Waals surface area contributed by atoms with Gasteiger partial charge in [0.25, 0.3) is 5.91 Å². The molecule has 1 N–H and O–H groups in total. The highest BCUT2D eigenvalue weighted by Gasteiger charge is 2.32. The Labute approximate surface area is 245 Å². The molecule has 1 aliphatic heterocycles. The number of aryl methyl sites for hydroxylation is 2. The lowest BCUT2D eigenvalue weighted by Crippen LogP contribution is -2.49. The smallest absolute Gasteiger partial charge is 0.262 e. The molecule has 1 atom stereocenters. The molecule has 0 saturated carbocycles. The molecule has 42 heavy (non-hydrogen) atoms. The van der Waals surface area contributed by atoms with Crippen LogP contribution in [0.15, 0.2) is 79.4 Å². The fourth-order valence-electron chi connectivity index (χ4n) is 5.50. The molecule has 1 saturated heterocycles. The summed E-state index contributed by atoms with van der Waals surface area (Å²) in [5, 5.41) is 12.5. The zero-order valence-corrected chi connectivity index (χ0v) is 23.5. The van der Waals surface area contributed by atoms with Crippen LogP contribution in [-0.4, -0.2) is 55.0 Å². The highest BCUT2D eigenvalue weighted by molar-refractivity contribution is 7.19. The Balaban J connectivity index is 1.24. The van der Waals surface area contributed by atoms with Crippen molar-refractivity contribution in [1.29, 1.82) is 0 Å². The Kier molecular flexibility index (Phi) is 7.10. The third-order valence-electron chi connectivity index (χ3n) is 7.60. The van der Waals surface area contributed by atoms with E-state index in [1.807, 2.05) is 18.2 Å². The number of nitrogens with zero attached hydrogens (tertiary/aromatic N) is 7. The van der Waals surface area contributed by atoms with Gasteiger partial charge in [-0.3, -0.25) is 14.7 Å². The zero-order chi connectivity index (χ0) is 28.5. The van der Waals surface area contributed by atoms with Crippen LogP contribution in [0.4, 0.5) is 10.2 Å². The molecule has 1 aliphatic rings. The number of hydrogen-bond acceptors (Lipinski definition) is 8. The second kappa shape index (κ2) is 11.3. The van der Waals surface area contributed by atoms with E-state index in [1.165, 1.54) is 27.3 Å². The molecule has 0 bridgehead atoms. The van der Waals surface area contributed by atoms with E-state index in [0.717, 1.165) is 42.3 Å². The highest BCUT2D eigenvalue weighted by atomic mass is 32.1. The molecule has 6 aromatic rings. The summed E-state index contributed by atoms with van der Waals surface area (Å²) in [5.74, 6) is -0.493. The van der Waals surface area contributed by atoms with Gasteiger partial charge in [-0.25, -0.2) is 14.4 Å². The molecule has 1 aromatic carbocycles. The minimum atomic E-state index is -0.638. The maximum atomic E-state index is 15.7. The van der Waals surface area contributed by atoms with Gasteiger partial charge in [0.1, 0.15) is 17.2 Å². The predicted molar refractivity (Wildman–Crippen MR) is 161 cm³/mol. The molecule has 0 aliphatic carbocycles. The van der Waals surface area contributed by atoms with Crippen LogP contribution in [0.2, 0.25) is 0 Å². The summed E-state index contributed by atoms with van der Waals surface area (Å²) in [6.45, 7) is 1.50. The van der Waals surface area contributed by atoms with Crippen LogP contribution in [0, 0.1) is 5.82 Å². The Morgan fingerprint density at radius 2 is 1.95 bits per heavy atom. The third kappa shape index (κ3) is 5.01. The van der Waals surface area contributed by atoms with Crippen molar-refractivity contribution in [2.45, 2.75) is 31.7 Å². The molecule has 7 rings (SSSR count). The number of carbonyl (C=O) groups excluding carboxylic acids is 1. The number of rotatable bonds is 7. The minimum Gasteiger partial charge on any atom is -0.315 e. The molecule has 0 spiro atoms. The summed E-state index contributed by atoms with van der Waals surface area (Å²) in [6, 6.07) is 16.1. The number of benzene rings is 1. The molecule has 5 aromatic heterocycles. The summed E-state index contributed by atoms with van der Waals surface area (Å²) < 4.78 is 18.3. The van der Waals surface area contributed by atoms with Gasteiger partial charge >= 0.3 is 0 Å². The van der Waals surface area contributed by atoms with Gasteiger partial charge < -0.3 is 5.32 Å². The molecular formula is C31H27FN8OS. The molecule has 0 unspecified atom stereocenters. The number of halogens is 1. The molecule has 6 heterocycles. The molecule has 0 radical (unpaired) electrons. The molecular weight excluding hydrogens is 551 g/mol. The van der Waals surface area contributed by atoms with E-state index < -0.39 is 11.7 Å². The molecule has 210 valence electrons. The Hall–Kier alpha value is -4.61. The fraction of sp³-hybridized carbons (Fsp3) is 0.226. The summed E-state index contributed by atoms with van der Waals surface area (Å²) in [7, 11) is 0. The third-order valence-corrected chi connectivity index (χ3v) is 8.76. The van der Waals surface area contributed by atoms with Crippen LogP contribution in [-0.2, 0) is 12.8 Å². The van der Waals surface area contributed by atoms with Crippen LogP contribution in [0.3, 0.4) is 0 Å². The summed E-state index contributed by atoms with van der Waals surface area (Å²) >= 11 is 1.70. The maximum absolute atomic E-state index is 15.7. The number of piperidine rings is 1. The summed E-state index contributed by atoms with van der Waals surface area (Å²) in [6.07, 6.45) is 10.5. The van der Waals surface area contributed by atoms with Gasteiger partial charge in [-0.05, 0) is 86.3 Å². The summed E-state index contributed by atoms with van der Waals surface area (Å²) in [5.41, 5.74) is 2.75. The van der Waals surface area contributed by atoms with E-state index in [4.69, 9.17) is 4.98 Å². The standard InChI is InChI=1S/C31H27FN8OS/c32-26-17-21(40-30-27(37-38-40)4-2-13-35-30)6-8-24(26)31(41)39(22-3-1-12-34-19-22)29-25-18-23(42-28(25)11-16-36-29)7-5-20-9-14-33-15-10-20/h2,4,6,8-11,13-18,22,34H,1,3,5,7,12,19H2/t22-/m1/s1. The van der Waals surface area contributed by atoms with Gasteiger partial charge in [0.15, 0.2) is 5.65 Å². The number of amides is 1. The SMILES string of the molecule is O=C(c1ccc(-n2nnc3cccnc32)cc1F)N(c1nccc2sc(CCc3ccncc3)cc12)[C@@H]1CCCNC1. The van der Waals surface area contributed by atoms with Crippen molar-refractivity contribution in [3.8, 4) is 5.69 Å². The van der Waals surface area contributed by atoms with Crippen molar-refractivity contribution in [3.05, 3.63) is 101 Å². The van der Waals surface area contributed by atoms with Gasteiger partial charge in [0.05, 0.1) is 17.3 Å². The van der Waals surface area contributed by atoms with Crippen LogP contribution in [0.25, 0.3) is 26.9 Å². The van der Waals surface area contributed by atoms with E-state index in [9.17, 15) is 4.79 Å². The number of hydrogen-bond donors (Lipinski definition) is 1. The van der Waals surface area contributed by atoms with Crippen molar-refractivity contribution in [2.24, 2.45) is 0 Å². The summed E-state index contributed by atoms with van der Waals surface area (Å²) in [4.78, 5) is 30.2. The quantitative estimate of drug-likeness (QED) is 0.280. The lowest BCUT2D eigenvalue weighted by Gasteiger charge is -2.34. The average Bonchev–Trinajstić information content (AvgIpc) is 3.66. The van der Waals surface area contributed by atoms with Crippen LogP contribution >= 0.6 is 11.3 Å². The minimum absolute atomic E-state index is 0.0198. The van der Waals surface area contributed by atoms with E-state index in [0.29, 0.717) is 29.2 Å². The molecule has 1 amide bonds. The molecule has 9 nitrogen and oxygen atoms in total. The number of fused-ring (bicyclic) bond motifs is 2. The van der Waals surface area contributed by atoms with E-state index >= 15 is 4.39 Å². The molecule has 11 heteroatoms. The van der Waals surface area contributed by atoms with Gasteiger partial charge in [-0.15, -0.1) is 16.4 Å². The van der Waals surface area contributed by atoms with Crippen molar-refractivity contribution >= 4 is 44.3 Å². The van der Waals surface area contributed by atoms with E-state index in [-0.39, 0.29) is 11.6 Å². The topological polar surface area (TPSA) is 102 Å². The van der Waals surface area contributed by atoms with Gasteiger partial charge in [0, 0.05) is 52.4 Å². The second-order valence-corrected chi connectivity index (χ2v) is 11.5. The van der Waals surface area contributed by atoms with Gasteiger partial charge in [0.2, 0.25) is 0 Å². The van der Waals surface area contributed by atoms with Crippen LogP contribution < -0.4 is 10.2 Å². The first-order chi connectivity index (χ1) is 20.7. The van der Waals surface area contributed by atoms with Gasteiger partial charge in [-0.1, -0.05) is 5.21 Å². The second-order valence-electron chi connectivity index (χ2n) is 10.3. The number of aromatic nitrogens is 6. The number of carbonyl (C=O) groups is 1. The monoisotopic (exact) mass is 578 g/mol. The number of nitrogens with one attached hydrogen (secondary N) is 1. The largest absolute Gasteiger partial charge is 0.315 e. The number of pyridine rings is 3. The predicted octanol–water partition coefficient (Wildman–Crippen LogP) is 5.14. The first-order valence-electron chi connectivity index (χ1n) is 13.9. The number of anilines is 1. The van der Waals surface area contributed by atoms with Gasteiger partial charge in [-0.2, -0.15) is 4.68 Å². The van der Waals surface area contributed by atoms with Crippen molar-refractivity contribution in [2.75, 3.05) is 18.0 Å². The normalized spacial score (nSPS) is 15.3. The van der Waals surface area contributed by atoms with Crippen molar-refractivity contribution < 1.29 is 9.18 Å². The average molecular weight is 579 g/mol. The van der Waals surface area contributed by atoms with Crippen molar-refractivity contribution in [1.82, 2.24) is 35.3 Å². The fourth-order valence-corrected chi connectivity index (χ4v) is 6.55. The van der Waals surface area contributed by atoms with Crippen LogP contribution in [0.1, 0.15) is 33.6 Å². The number of thiophene rings is 1. The van der Waals surface area contributed by atoms with E-state index in [2.05, 4.69) is 31.7 Å². The van der Waals surface area contributed by atoms with E-state index in [1.54, 1.807) is 59.2 Å². The Bertz CT molecular complexity index is 1880. The Morgan fingerprint density at radius 1 is 1.05 bits per heavy atom. The lowest BCUT2D eigenvalue weighted by atomic mass is 10.0.